The van der Waals surface area contributed by atoms with E-state index in [0.29, 0.717) is 30.6 Å². The van der Waals surface area contributed by atoms with E-state index < -0.39 is 41.3 Å². The molecule has 9 nitrogen and oxygen atoms in total. The second-order valence-corrected chi connectivity index (χ2v) is 10.1. The van der Waals surface area contributed by atoms with E-state index in [1.165, 1.54) is 0 Å². The van der Waals surface area contributed by atoms with Crippen LogP contribution in [0.1, 0.15) is 35.6 Å². The number of hydrogen-bond acceptors (Lipinski definition) is 8. The van der Waals surface area contributed by atoms with Gasteiger partial charge >= 0.3 is 18.1 Å². The Morgan fingerprint density at radius 3 is 2.49 bits per heavy atom. The van der Waals surface area contributed by atoms with Gasteiger partial charge < -0.3 is 34.8 Å². The van der Waals surface area contributed by atoms with Crippen LogP contribution in [0.25, 0.3) is 0 Å². The van der Waals surface area contributed by atoms with Crippen molar-refractivity contribution in [3.63, 3.8) is 0 Å². The molecule has 6 rings (SSSR count). The van der Waals surface area contributed by atoms with Gasteiger partial charge in [0, 0.05) is 18.0 Å². The number of benzene rings is 2. The average molecular weight is 549 g/mol. The number of carbonyl (C=O) groups excluding carboxylic acids is 1. The summed E-state index contributed by atoms with van der Waals surface area (Å²) in [6.07, 6.45) is -4.02. The molecule has 5 atom stereocenters. The normalized spacial score (nSPS) is 29.1. The van der Waals surface area contributed by atoms with Gasteiger partial charge in [0.05, 0.1) is 11.0 Å². The molecule has 2 heterocycles. The van der Waals surface area contributed by atoms with Gasteiger partial charge in [0.1, 0.15) is 5.76 Å². The predicted molar refractivity (Wildman–Crippen MR) is 128 cm³/mol. The van der Waals surface area contributed by atoms with Crippen molar-refractivity contribution in [2.45, 2.75) is 54.7 Å². The van der Waals surface area contributed by atoms with E-state index in [9.17, 15) is 33.3 Å². The van der Waals surface area contributed by atoms with Crippen LogP contribution < -0.4 is 4.74 Å². The third-order valence-corrected chi connectivity index (χ3v) is 8.15. The molecule has 39 heavy (non-hydrogen) atoms. The summed E-state index contributed by atoms with van der Waals surface area (Å²) < 4.78 is 43.7. The number of carboxylic acid groups (broad SMARTS) is 1. The molecule has 0 aromatic heterocycles. The smallest absolute Gasteiger partial charge is 0.490 e. The fourth-order valence-corrected chi connectivity index (χ4v) is 6.38. The minimum atomic E-state index is -5.08. The van der Waals surface area contributed by atoms with Crippen molar-refractivity contribution in [3.8, 4) is 11.5 Å². The Morgan fingerprint density at radius 2 is 1.85 bits per heavy atom. The largest absolute Gasteiger partial charge is 0.504 e. The Labute approximate surface area is 220 Å². The lowest BCUT2D eigenvalue weighted by Crippen LogP contribution is -2.74. The number of nitrogens with zero attached hydrogens (tertiary/aromatic N) is 1. The number of alkyl halides is 3. The Hall–Kier alpha value is -3.61. The zero-order valence-electron chi connectivity index (χ0n) is 20.7. The van der Waals surface area contributed by atoms with E-state index in [1.54, 1.807) is 42.5 Å². The lowest BCUT2D eigenvalue weighted by Gasteiger charge is -2.61. The van der Waals surface area contributed by atoms with Crippen LogP contribution in [0.2, 0.25) is 0 Å². The number of aliphatic hydroxyl groups excluding tert-OH is 1. The number of carbonyl (C=O) groups is 2. The van der Waals surface area contributed by atoms with Crippen LogP contribution in [0.5, 0.6) is 11.5 Å². The van der Waals surface area contributed by atoms with Gasteiger partial charge in [0.25, 0.3) is 0 Å². The third-order valence-electron chi connectivity index (χ3n) is 8.15. The van der Waals surface area contributed by atoms with E-state index >= 15 is 0 Å². The highest BCUT2D eigenvalue weighted by molar-refractivity contribution is 5.78. The number of hydrogen-bond donors (Lipinski definition) is 4. The number of ether oxygens (including phenoxy) is 2. The summed E-state index contributed by atoms with van der Waals surface area (Å²) in [5.41, 5.74) is 0.368. The van der Waals surface area contributed by atoms with Crippen molar-refractivity contribution in [3.05, 3.63) is 71.0 Å². The summed E-state index contributed by atoms with van der Waals surface area (Å²) in [6.45, 7) is 0.745. The Kier molecular flexibility index (Phi) is 6.40. The number of rotatable bonds is 3. The van der Waals surface area contributed by atoms with Crippen LogP contribution in [0.3, 0.4) is 0 Å². The van der Waals surface area contributed by atoms with Crippen LogP contribution in [0, 0.1) is 0 Å². The molecule has 12 heteroatoms. The summed E-state index contributed by atoms with van der Waals surface area (Å²) in [7, 11) is 2.02. The molecule has 208 valence electrons. The summed E-state index contributed by atoms with van der Waals surface area (Å²) in [4.78, 5) is 23.9. The lowest BCUT2D eigenvalue weighted by atomic mass is 9.50. The van der Waals surface area contributed by atoms with E-state index in [-0.39, 0.29) is 17.6 Å². The molecule has 1 fully saturated rings. The van der Waals surface area contributed by atoms with E-state index in [4.69, 9.17) is 19.4 Å². The maximum atomic E-state index is 12.8. The molecule has 0 radical (unpaired) electrons. The van der Waals surface area contributed by atoms with Crippen LogP contribution in [-0.2, 0) is 26.2 Å². The number of carboxylic acids is 1. The number of likely N-dealkylation sites (tertiary alicyclic amines) is 1. The molecule has 2 bridgehead atoms. The van der Waals surface area contributed by atoms with Crippen molar-refractivity contribution >= 4 is 11.9 Å². The predicted octanol–water partition coefficient (Wildman–Crippen LogP) is 2.58. The standard InChI is InChI=1S/C25H25NO6.C2HF3O2/c1-26-12-11-24-19-15-7-8-16(27)21(19)32-22(24)17(9-10-25(24,30)18(26)13-15)31-23(29)20(28)14-5-3-2-4-6-14;3-2(4,5)1(6)7/h2-9,18,20,22,27-28,30H,10-13H2,1H3;(H,6,7)/t18?,20-,22+,24+,25+;/m1./s1. The van der Waals surface area contributed by atoms with E-state index in [0.717, 1.165) is 17.7 Å². The van der Waals surface area contributed by atoms with Crippen molar-refractivity contribution in [1.82, 2.24) is 4.90 Å². The minimum Gasteiger partial charge on any atom is -0.504 e. The molecule has 2 aromatic carbocycles. The molecule has 1 unspecified atom stereocenters. The first-order valence-electron chi connectivity index (χ1n) is 12.2. The molecule has 4 aliphatic rings. The third kappa shape index (κ3) is 4.05. The second kappa shape index (κ2) is 9.25. The molecular formula is C27H26F3NO8. The van der Waals surface area contributed by atoms with Gasteiger partial charge in [-0.05, 0) is 49.7 Å². The molecule has 2 aromatic rings. The number of aliphatic hydroxyl groups is 2. The fraction of sp³-hybridized carbons (Fsp3) is 0.407. The van der Waals surface area contributed by atoms with Gasteiger partial charge in [-0.1, -0.05) is 36.4 Å². The molecule has 0 saturated carbocycles. The van der Waals surface area contributed by atoms with Crippen LogP contribution in [0.4, 0.5) is 13.2 Å². The zero-order chi connectivity index (χ0) is 28.3. The second-order valence-electron chi connectivity index (χ2n) is 10.1. The molecule has 2 aliphatic heterocycles. The highest BCUT2D eigenvalue weighted by Gasteiger charge is 2.72. The lowest BCUT2D eigenvalue weighted by molar-refractivity contribution is -0.192. The average Bonchev–Trinajstić information content (AvgIpc) is 3.25. The summed E-state index contributed by atoms with van der Waals surface area (Å²) in [5.74, 6) is -2.90. The molecule has 4 N–H and O–H groups in total. The topological polar surface area (TPSA) is 137 Å². The highest BCUT2D eigenvalue weighted by atomic mass is 19.4. The first-order valence-corrected chi connectivity index (χ1v) is 12.2. The number of aliphatic carboxylic acids is 1. The first-order chi connectivity index (χ1) is 18.3. The Morgan fingerprint density at radius 1 is 1.18 bits per heavy atom. The number of phenols is 1. The highest BCUT2D eigenvalue weighted by Crippen LogP contribution is 2.65. The molecule has 0 amide bonds. The minimum absolute atomic E-state index is 0.0160. The molecule has 2 aliphatic carbocycles. The van der Waals surface area contributed by atoms with Crippen LogP contribution in [-0.4, -0.2) is 74.8 Å². The fourth-order valence-electron chi connectivity index (χ4n) is 6.38. The SMILES string of the molecule is CN1CC[C@]23c4c5ccc(O)c4O[C@H]2C(OC(=O)[C@H](O)c2ccccc2)=CC[C@]3(O)C1C5.O=C(O)C(F)(F)F. The monoisotopic (exact) mass is 549 g/mol. The number of piperidine rings is 1. The number of halogens is 3. The van der Waals surface area contributed by atoms with Crippen molar-refractivity contribution in [1.29, 1.82) is 0 Å². The van der Waals surface area contributed by atoms with Gasteiger partial charge in [0.2, 0.25) is 0 Å². The summed E-state index contributed by atoms with van der Waals surface area (Å²) >= 11 is 0. The molecule has 1 saturated heterocycles. The van der Waals surface area contributed by atoms with Crippen molar-refractivity contribution in [2.75, 3.05) is 13.6 Å². The van der Waals surface area contributed by atoms with Crippen LogP contribution in [0.15, 0.2) is 54.3 Å². The van der Waals surface area contributed by atoms with Gasteiger partial charge in [-0.15, -0.1) is 0 Å². The number of aromatic hydroxyl groups is 1. The van der Waals surface area contributed by atoms with E-state index in [2.05, 4.69) is 4.90 Å². The molecule has 1 spiro atoms. The Balaban J connectivity index is 0.000000392. The number of phenolic OH excluding ortho intramolecular Hbond substituents is 1. The van der Waals surface area contributed by atoms with Crippen molar-refractivity contribution < 1.29 is 52.7 Å². The first kappa shape index (κ1) is 27.0. The summed E-state index contributed by atoms with van der Waals surface area (Å²) in [6, 6.07) is 12.0. The van der Waals surface area contributed by atoms with Gasteiger partial charge in [-0.3, -0.25) is 0 Å². The van der Waals surface area contributed by atoms with Gasteiger partial charge in [-0.25, -0.2) is 9.59 Å². The van der Waals surface area contributed by atoms with E-state index in [1.807, 2.05) is 13.1 Å². The van der Waals surface area contributed by atoms with Gasteiger partial charge in [0.15, 0.2) is 23.7 Å². The maximum Gasteiger partial charge on any atom is 0.490 e. The number of esters is 1. The Bertz CT molecular complexity index is 1350. The summed E-state index contributed by atoms with van der Waals surface area (Å²) in [5, 5.41) is 40.3. The zero-order valence-corrected chi connectivity index (χ0v) is 20.7. The van der Waals surface area contributed by atoms with Crippen molar-refractivity contribution in [2.24, 2.45) is 0 Å². The maximum absolute atomic E-state index is 12.8. The van der Waals surface area contributed by atoms with Gasteiger partial charge in [-0.2, -0.15) is 13.2 Å². The number of likely N-dealkylation sites (N-methyl/N-ethyl adjacent to an activating group) is 1. The molecular weight excluding hydrogens is 523 g/mol. The quantitative estimate of drug-likeness (QED) is 0.426. The van der Waals surface area contributed by atoms with Crippen LogP contribution >= 0.6 is 0 Å².